The van der Waals surface area contributed by atoms with Crippen LogP contribution in [-0.4, -0.2) is 62.6 Å². The van der Waals surface area contributed by atoms with Crippen LogP contribution in [-0.2, 0) is 4.79 Å². The van der Waals surface area contributed by atoms with E-state index in [0.717, 1.165) is 37.8 Å². The standard InChI is InChI=1S/C18H37N5O/c1-14(2)13-23-11-7-15(8-12-23)22-17(19-6)21-10-9-20-16(24)18(3,4)5/h14-15H,7-13H2,1-6H3,(H,20,24)(H2,19,21,22). The van der Waals surface area contributed by atoms with Gasteiger partial charge in [0.15, 0.2) is 5.96 Å². The summed E-state index contributed by atoms with van der Waals surface area (Å²) in [6.07, 6.45) is 2.29. The van der Waals surface area contributed by atoms with Crippen molar-refractivity contribution in [1.29, 1.82) is 0 Å². The number of hydrogen-bond acceptors (Lipinski definition) is 3. The van der Waals surface area contributed by atoms with Crippen LogP contribution in [0.2, 0.25) is 0 Å². The summed E-state index contributed by atoms with van der Waals surface area (Å²) in [4.78, 5) is 18.6. The molecule has 1 aliphatic heterocycles. The van der Waals surface area contributed by atoms with Gasteiger partial charge < -0.3 is 20.9 Å². The zero-order valence-corrected chi connectivity index (χ0v) is 16.4. The highest BCUT2D eigenvalue weighted by Crippen LogP contribution is 2.12. The minimum Gasteiger partial charge on any atom is -0.355 e. The van der Waals surface area contributed by atoms with Crippen LogP contribution in [0.5, 0.6) is 0 Å². The average Bonchev–Trinajstić information content (AvgIpc) is 2.50. The van der Waals surface area contributed by atoms with Crippen LogP contribution < -0.4 is 16.0 Å². The van der Waals surface area contributed by atoms with Crippen molar-refractivity contribution < 1.29 is 4.79 Å². The van der Waals surface area contributed by atoms with Gasteiger partial charge in [-0.1, -0.05) is 34.6 Å². The number of nitrogens with one attached hydrogen (secondary N) is 3. The van der Waals surface area contributed by atoms with E-state index in [0.29, 0.717) is 19.1 Å². The SMILES string of the molecule is CN=C(NCCNC(=O)C(C)(C)C)NC1CCN(CC(C)C)CC1. The predicted molar refractivity (Wildman–Crippen MR) is 101 cm³/mol. The van der Waals surface area contributed by atoms with Gasteiger partial charge in [0.1, 0.15) is 0 Å². The molecule has 6 heteroatoms. The van der Waals surface area contributed by atoms with Gasteiger partial charge in [0.25, 0.3) is 0 Å². The molecule has 0 bridgehead atoms. The molecule has 0 aromatic rings. The summed E-state index contributed by atoms with van der Waals surface area (Å²) in [7, 11) is 1.79. The Morgan fingerprint density at radius 2 is 1.75 bits per heavy atom. The molecular weight excluding hydrogens is 302 g/mol. The summed E-state index contributed by atoms with van der Waals surface area (Å²) in [6.45, 7) is 15.1. The predicted octanol–water partition coefficient (Wildman–Crippen LogP) is 1.43. The number of carbonyl (C=O) groups excluding carboxylic acids is 1. The van der Waals surface area contributed by atoms with Crippen LogP contribution in [0.15, 0.2) is 4.99 Å². The van der Waals surface area contributed by atoms with Crippen LogP contribution in [0.1, 0.15) is 47.5 Å². The zero-order valence-electron chi connectivity index (χ0n) is 16.4. The van der Waals surface area contributed by atoms with E-state index in [1.165, 1.54) is 6.54 Å². The third kappa shape index (κ3) is 7.99. The zero-order chi connectivity index (χ0) is 18.2. The summed E-state index contributed by atoms with van der Waals surface area (Å²) >= 11 is 0. The summed E-state index contributed by atoms with van der Waals surface area (Å²) in [5.74, 6) is 1.62. The molecule has 1 fully saturated rings. The molecule has 1 amide bonds. The maximum absolute atomic E-state index is 11.8. The molecule has 3 N–H and O–H groups in total. The van der Waals surface area contributed by atoms with Crippen molar-refractivity contribution in [3.05, 3.63) is 0 Å². The topological polar surface area (TPSA) is 68.8 Å². The average molecular weight is 340 g/mol. The van der Waals surface area contributed by atoms with Crippen LogP contribution in [0.25, 0.3) is 0 Å². The third-order valence-electron chi connectivity index (χ3n) is 4.16. The lowest BCUT2D eigenvalue weighted by molar-refractivity contribution is -0.128. The molecule has 0 aromatic carbocycles. The molecule has 0 radical (unpaired) electrons. The number of carbonyl (C=O) groups is 1. The lowest BCUT2D eigenvalue weighted by atomic mass is 9.96. The highest BCUT2D eigenvalue weighted by Gasteiger charge is 2.21. The Balaban J connectivity index is 2.23. The Morgan fingerprint density at radius 3 is 2.25 bits per heavy atom. The Labute approximate surface area is 147 Å². The highest BCUT2D eigenvalue weighted by molar-refractivity contribution is 5.82. The van der Waals surface area contributed by atoms with Gasteiger partial charge >= 0.3 is 0 Å². The normalized spacial score (nSPS) is 17.9. The molecule has 0 unspecified atom stereocenters. The second kappa shape index (κ2) is 9.87. The van der Waals surface area contributed by atoms with Crippen LogP contribution in [0, 0.1) is 11.3 Å². The first kappa shape index (κ1) is 20.7. The first-order chi connectivity index (χ1) is 11.2. The minimum absolute atomic E-state index is 0.0739. The van der Waals surface area contributed by atoms with E-state index in [1.807, 2.05) is 20.8 Å². The molecule has 1 heterocycles. The molecule has 140 valence electrons. The molecule has 0 spiro atoms. The number of guanidine groups is 1. The van der Waals surface area contributed by atoms with Crippen molar-refractivity contribution in [3.8, 4) is 0 Å². The van der Waals surface area contributed by atoms with Crippen LogP contribution in [0.4, 0.5) is 0 Å². The molecule has 0 aromatic heterocycles. The first-order valence-corrected chi connectivity index (χ1v) is 9.20. The molecular formula is C18H37N5O. The molecule has 0 atom stereocenters. The molecule has 1 aliphatic rings. The molecule has 0 saturated carbocycles. The Kier molecular flexibility index (Phi) is 8.53. The van der Waals surface area contributed by atoms with Gasteiger partial charge in [0, 0.05) is 51.2 Å². The summed E-state index contributed by atoms with van der Waals surface area (Å²) in [6, 6.07) is 0.476. The maximum Gasteiger partial charge on any atom is 0.225 e. The minimum atomic E-state index is -0.343. The largest absolute Gasteiger partial charge is 0.355 e. The lowest BCUT2D eigenvalue weighted by Gasteiger charge is -2.34. The van der Waals surface area contributed by atoms with Gasteiger partial charge in [0.05, 0.1) is 0 Å². The summed E-state index contributed by atoms with van der Waals surface area (Å²) in [5, 5.41) is 9.71. The number of piperidine rings is 1. The summed E-state index contributed by atoms with van der Waals surface area (Å²) in [5.41, 5.74) is -0.343. The Morgan fingerprint density at radius 1 is 1.17 bits per heavy atom. The Hall–Kier alpha value is -1.30. The van der Waals surface area contributed by atoms with Crippen molar-refractivity contribution in [2.45, 2.75) is 53.5 Å². The number of likely N-dealkylation sites (tertiary alicyclic amines) is 1. The second-order valence-corrected chi connectivity index (χ2v) is 8.12. The van der Waals surface area contributed by atoms with E-state index in [1.54, 1.807) is 7.05 Å². The van der Waals surface area contributed by atoms with Crippen LogP contribution >= 0.6 is 0 Å². The number of aliphatic imine (C=N–C) groups is 1. The number of hydrogen-bond donors (Lipinski definition) is 3. The van der Waals surface area contributed by atoms with Gasteiger partial charge in [-0.3, -0.25) is 9.79 Å². The van der Waals surface area contributed by atoms with Crippen molar-refractivity contribution in [3.63, 3.8) is 0 Å². The fourth-order valence-electron chi connectivity index (χ4n) is 2.79. The fraction of sp³-hybridized carbons (Fsp3) is 0.889. The molecule has 24 heavy (non-hydrogen) atoms. The van der Waals surface area contributed by atoms with Gasteiger partial charge in [-0.25, -0.2) is 0 Å². The van der Waals surface area contributed by atoms with Crippen molar-refractivity contribution in [2.24, 2.45) is 16.3 Å². The fourth-order valence-corrected chi connectivity index (χ4v) is 2.79. The number of nitrogens with zero attached hydrogens (tertiary/aromatic N) is 2. The van der Waals surface area contributed by atoms with E-state index < -0.39 is 0 Å². The first-order valence-electron chi connectivity index (χ1n) is 9.20. The summed E-state index contributed by atoms with van der Waals surface area (Å²) < 4.78 is 0. The third-order valence-corrected chi connectivity index (χ3v) is 4.16. The van der Waals surface area contributed by atoms with E-state index in [9.17, 15) is 4.79 Å². The number of amides is 1. The van der Waals surface area contributed by atoms with Gasteiger partial charge in [0.2, 0.25) is 5.91 Å². The van der Waals surface area contributed by atoms with Gasteiger partial charge in [-0.05, 0) is 18.8 Å². The second-order valence-electron chi connectivity index (χ2n) is 8.12. The number of rotatable bonds is 6. The van der Waals surface area contributed by atoms with Crippen molar-refractivity contribution in [1.82, 2.24) is 20.9 Å². The van der Waals surface area contributed by atoms with E-state index in [-0.39, 0.29) is 11.3 Å². The van der Waals surface area contributed by atoms with E-state index in [2.05, 4.69) is 39.7 Å². The van der Waals surface area contributed by atoms with E-state index in [4.69, 9.17) is 0 Å². The maximum atomic E-state index is 11.8. The highest BCUT2D eigenvalue weighted by atomic mass is 16.2. The van der Waals surface area contributed by atoms with Crippen molar-refractivity contribution >= 4 is 11.9 Å². The Bertz CT molecular complexity index is 406. The molecule has 0 aliphatic carbocycles. The smallest absolute Gasteiger partial charge is 0.225 e. The van der Waals surface area contributed by atoms with Crippen LogP contribution in [0.3, 0.4) is 0 Å². The quantitative estimate of drug-likeness (QED) is 0.389. The molecule has 1 saturated heterocycles. The molecule has 1 rings (SSSR count). The van der Waals surface area contributed by atoms with Gasteiger partial charge in [-0.2, -0.15) is 0 Å². The lowest BCUT2D eigenvalue weighted by Crippen LogP contribution is -2.50. The van der Waals surface area contributed by atoms with Crippen molar-refractivity contribution in [2.75, 3.05) is 39.8 Å². The monoisotopic (exact) mass is 339 g/mol. The van der Waals surface area contributed by atoms with E-state index >= 15 is 0 Å². The van der Waals surface area contributed by atoms with Gasteiger partial charge in [-0.15, -0.1) is 0 Å². The molecule has 6 nitrogen and oxygen atoms in total.